The van der Waals surface area contributed by atoms with Crippen LogP contribution in [0.2, 0.25) is 0 Å². The first-order valence-corrected chi connectivity index (χ1v) is 14.8. The van der Waals surface area contributed by atoms with Crippen LogP contribution in [0, 0.1) is 25.7 Å². The van der Waals surface area contributed by atoms with Crippen molar-refractivity contribution in [3.63, 3.8) is 0 Å². The minimum atomic E-state index is -0.289. The molecule has 2 atom stereocenters. The van der Waals surface area contributed by atoms with E-state index >= 15 is 0 Å². The van der Waals surface area contributed by atoms with Gasteiger partial charge in [0.25, 0.3) is 5.91 Å². The number of nitrogens with zero attached hydrogens (tertiary/aromatic N) is 3. The number of hydrogen-bond acceptors (Lipinski definition) is 6. The van der Waals surface area contributed by atoms with Gasteiger partial charge in [0.2, 0.25) is 0 Å². The van der Waals surface area contributed by atoms with Gasteiger partial charge in [0.15, 0.2) is 5.13 Å². The molecular weight excluding hydrogens is 494 g/mol. The highest BCUT2D eigenvalue weighted by molar-refractivity contribution is 7.14. The number of aromatic nitrogens is 1. The number of piperidine rings is 2. The molecule has 2 unspecified atom stereocenters. The van der Waals surface area contributed by atoms with Gasteiger partial charge in [0.05, 0.1) is 11.8 Å². The van der Waals surface area contributed by atoms with Gasteiger partial charge in [-0.15, -0.1) is 11.3 Å². The fraction of sp³-hybridized carbons (Fsp3) is 0.484. The minimum absolute atomic E-state index is 0.0364. The summed E-state index contributed by atoms with van der Waals surface area (Å²) in [5.74, 6) is 2.53. The molecule has 0 spiro atoms. The van der Waals surface area contributed by atoms with Crippen molar-refractivity contribution in [2.75, 3.05) is 31.1 Å². The summed E-state index contributed by atoms with van der Waals surface area (Å²) in [6.07, 6.45) is 5.13. The molecule has 3 fully saturated rings. The highest BCUT2D eigenvalue weighted by Gasteiger charge is 2.34. The summed E-state index contributed by atoms with van der Waals surface area (Å²) >= 11 is 1.74. The molecule has 1 aliphatic carbocycles. The van der Waals surface area contributed by atoms with Gasteiger partial charge in [0, 0.05) is 42.7 Å². The molecule has 0 radical (unpaired) electrons. The smallest absolute Gasteiger partial charge is 0.253 e. The van der Waals surface area contributed by atoms with E-state index in [1.807, 2.05) is 36.1 Å². The highest BCUT2D eigenvalue weighted by atomic mass is 32.1. The molecule has 3 heterocycles. The summed E-state index contributed by atoms with van der Waals surface area (Å²) in [6.45, 7) is 8.06. The van der Waals surface area contributed by atoms with Crippen molar-refractivity contribution in [3.05, 3.63) is 64.0 Å². The molecule has 2 aliphatic heterocycles. The lowest BCUT2D eigenvalue weighted by atomic mass is 9.99. The van der Waals surface area contributed by atoms with Crippen molar-refractivity contribution in [2.24, 2.45) is 11.8 Å². The van der Waals surface area contributed by atoms with Crippen molar-refractivity contribution in [1.29, 1.82) is 0 Å². The predicted molar refractivity (Wildman–Crippen MR) is 152 cm³/mol. The van der Waals surface area contributed by atoms with E-state index in [0.29, 0.717) is 38.1 Å². The van der Waals surface area contributed by atoms with E-state index in [9.17, 15) is 9.90 Å². The third kappa shape index (κ3) is 5.32. The topological polar surface area (TPSA) is 65.9 Å². The van der Waals surface area contributed by atoms with E-state index in [-0.39, 0.29) is 12.0 Å². The number of carbonyl (C=O) groups excluding carboxylic acids is 1. The molecule has 1 N–H and O–H groups in total. The van der Waals surface area contributed by atoms with Crippen molar-refractivity contribution in [1.82, 2.24) is 9.88 Å². The largest absolute Gasteiger partial charge is 0.488 e. The number of hydrogen-bond donors (Lipinski definition) is 1. The number of fused-ring (bicyclic) bond motifs is 2. The Kier molecular flexibility index (Phi) is 7.14. The van der Waals surface area contributed by atoms with Crippen LogP contribution in [0.15, 0.2) is 41.8 Å². The lowest BCUT2D eigenvalue weighted by Crippen LogP contribution is -2.40. The molecule has 2 aromatic carbocycles. The lowest BCUT2D eigenvalue weighted by molar-refractivity contribution is 0.0546. The Balaban J connectivity index is 1.15. The van der Waals surface area contributed by atoms with Gasteiger partial charge < -0.3 is 19.6 Å². The summed E-state index contributed by atoms with van der Waals surface area (Å²) in [4.78, 5) is 22.3. The fourth-order valence-electron chi connectivity index (χ4n) is 6.27. The first-order chi connectivity index (χ1) is 18.4. The van der Waals surface area contributed by atoms with Crippen molar-refractivity contribution in [3.8, 4) is 17.0 Å². The Morgan fingerprint density at radius 3 is 2.55 bits per heavy atom. The van der Waals surface area contributed by atoms with E-state index in [2.05, 4.69) is 29.3 Å². The van der Waals surface area contributed by atoms with Crippen LogP contribution in [0.5, 0.6) is 5.75 Å². The first-order valence-electron chi connectivity index (χ1n) is 13.9. The molecule has 3 aliphatic rings. The third-order valence-electron chi connectivity index (χ3n) is 8.51. The van der Waals surface area contributed by atoms with E-state index in [4.69, 9.17) is 9.72 Å². The summed E-state index contributed by atoms with van der Waals surface area (Å²) in [5, 5.41) is 13.0. The number of ether oxygens (including phenoxy) is 1. The van der Waals surface area contributed by atoms with E-state index < -0.39 is 0 Å². The number of carbonyl (C=O) groups is 1. The van der Waals surface area contributed by atoms with Crippen molar-refractivity contribution < 1.29 is 14.6 Å². The molecule has 3 aromatic rings. The Morgan fingerprint density at radius 2 is 1.82 bits per heavy atom. The maximum atomic E-state index is 12.9. The van der Waals surface area contributed by atoms with E-state index in [1.54, 1.807) is 11.3 Å². The third-order valence-corrected chi connectivity index (χ3v) is 9.41. The SMILES string of the molecule is Cc1ccc(OCc2ccc(C(=O)N3CCC(O)CC3)cc2C)c(-c2csc(N3CC4CCC(C4)C3)n2)c1. The standard InChI is InChI=1S/C31H37N3O3S/c1-20-3-8-29(27(13-20)28-19-38-31(32-28)34-16-22-4-5-23(15-22)17-34)37-18-25-7-6-24(14-21(25)2)30(36)33-11-9-26(35)10-12-33/h3,6-8,13-14,19,22-23,26,35H,4-5,9-12,15-18H2,1-2H3. The zero-order valence-electron chi connectivity index (χ0n) is 22.4. The van der Waals surface area contributed by atoms with E-state index in [1.165, 1.54) is 24.8 Å². The molecule has 200 valence electrons. The number of rotatable bonds is 6. The Hall–Kier alpha value is -2.90. The van der Waals surface area contributed by atoms with Crippen LogP contribution in [-0.2, 0) is 6.61 Å². The van der Waals surface area contributed by atoms with Gasteiger partial charge in [-0.2, -0.15) is 0 Å². The zero-order chi connectivity index (χ0) is 26.2. The van der Waals surface area contributed by atoms with Crippen LogP contribution in [-0.4, -0.2) is 53.2 Å². The number of anilines is 1. The van der Waals surface area contributed by atoms with Gasteiger partial charge in [-0.25, -0.2) is 4.98 Å². The molecule has 2 saturated heterocycles. The molecule has 38 heavy (non-hydrogen) atoms. The quantitative estimate of drug-likeness (QED) is 0.433. The fourth-order valence-corrected chi connectivity index (χ4v) is 7.11. The van der Waals surface area contributed by atoms with Crippen LogP contribution in [0.3, 0.4) is 0 Å². The van der Waals surface area contributed by atoms with Gasteiger partial charge in [-0.1, -0.05) is 17.7 Å². The van der Waals surface area contributed by atoms with Gasteiger partial charge in [-0.05, 0) is 93.2 Å². The van der Waals surface area contributed by atoms with Crippen LogP contribution < -0.4 is 9.64 Å². The molecule has 1 aromatic heterocycles. The van der Waals surface area contributed by atoms with Crippen molar-refractivity contribution in [2.45, 2.75) is 58.7 Å². The number of likely N-dealkylation sites (tertiary alicyclic amines) is 1. The van der Waals surface area contributed by atoms with Gasteiger partial charge >= 0.3 is 0 Å². The molecular formula is C31H37N3O3S. The molecule has 6 rings (SSSR count). The number of aryl methyl sites for hydroxylation is 2. The van der Waals surface area contributed by atoms with Gasteiger partial charge in [0.1, 0.15) is 12.4 Å². The molecule has 2 bridgehead atoms. The molecule has 6 nitrogen and oxygen atoms in total. The molecule has 1 amide bonds. The summed E-state index contributed by atoms with van der Waals surface area (Å²) in [5.41, 5.74) is 5.99. The maximum absolute atomic E-state index is 12.9. The monoisotopic (exact) mass is 531 g/mol. The average molecular weight is 532 g/mol. The number of thiazole rings is 1. The predicted octanol–water partition coefficient (Wildman–Crippen LogP) is 5.84. The first kappa shape index (κ1) is 25.4. The normalized spacial score (nSPS) is 21.7. The Labute approximate surface area is 229 Å². The summed E-state index contributed by atoms with van der Waals surface area (Å²) < 4.78 is 6.37. The van der Waals surface area contributed by atoms with Crippen LogP contribution in [0.4, 0.5) is 5.13 Å². The molecule has 7 heteroatoms. The van der Waals surface area contributed by atoms with Crippen LogP contribution >= 0.6 is 11.3 Å². The lowest BCUT2D eigenvalue weighted by Gasteiger charge is -2.31. The molecule has 1 saturated carbocycles. The average Bonchev–Trinajstić information content (AvgIpc) is 3.55. The summed E-state index contributed by atoms with van der Waals surface area (Å²) in [7, 11) is 0. The second-order valence-corrected chi connectivity index (χ2v) is 12.3. The van der Waals surface area contributed by atoms with Crippen LogP contribution in [0.1, 0.15) is 59.2 Å². The zero-order valence-corrected chi connectivity index (χ0v) is 23.2. The number of aliphatic hydroxyl groups is 1. The Morgan fingerprint density at radius 1 is 1.05 bits per heavy atom. The maximum Gasteiger partial charge on any atom is 0.253 e. The number of benzene rings is 2. The van der Waals surface area contributed by atoms with Crippen molar-refractivity contribution >= 4 is 22.4 Å². The highest BCUT2D eigenvalue weighted by Crippen LogP contribution is 2.40. The van der Waals surface area contributed by atoms with Gasteiger partial charge in [-0.3, -0.25) is 4.79 Å². The minimum Gasteiger partial charge on any atom is -0.488 e. The summed E-state index contributed by atoms with van der Waals surface area (Å²) in [6, 6.07) is 12.1. The number of amides is 1. The Bertz CT molecular complexity index is 1300. The van der Waals surface area contributed by atoms with Crippen LogP contribution in [0.25, 0.3) is 11.3 Å². The number of aliphatic hydroxyl groups excluding tert-OH is 1. The second-order valence-electron chi connectivity index (χ2n) is 11.4. The van der Waals surface area contributed by atoms with E-state index in [0.717, 1.165) is 58.2 Å². The second kappa shape index (κ2) is 10.7.